The molecule has 1 N–H and O–H groups in total. The van der Waals surface area contributed by atoms with E-state index >= 15 is 0 Å². The number of fused-ring (bicyclic) bond motifs is 1. The Kier molecular flexibility index (Phi) is 6.37. The van der Waals surface area contributed by atoms with Crippen molar-refractivity contribution in [3.63, 3.8) is 0 Å². The number of anilines is 1. The van der Waals surface area contributed by atoms with Crippen LogP contribution in [0.3, 0.4) is 0 Å². The van der Waals surface area contributed by atoms with Gasteiger partial charge in [-0.1, -0.05) is 6.07 Å². The minimum atomic E-state index is -3.89. The first-order chi connectivity index (χ1) is 13.2. The second kappa shape index (κ2) is 8.43. The van der Waals surface area contributed by atoms with Gasteiger partial charge in [-0.05, 0) is 69.2 Å². The van der Waals surface area contributed by atoms with Crippen molar-refractivity contribution in [1.29, 1.82) is 0 Å². The molecule has 0 radical (unpaired) electrons. The number of aromatic nitrogens is 1. The van der Waals surface area contributed by atoms with Crippen LogP contribution >= 0.6 is 19.7 Å². The van der Waals surface area contributed by atoms with E-state index in [0.717, 1.165) is 26.4 Å². The Hall–Kier alpha value is -1.57. The molecule has 3 rings (SSSR count). The Labute approximate surface area is 170 Å². The van der Waals surface area contributed by atoms with Crippen molar-refractivity contribution in [2.24, 2.45) is 0 Å². The molecule has 0 aliphatic carbocycles. The summed E-state index contributed by atoms with van der Waals surface area (Å²) in [7, 11) is -5.81. The first kappa shape index (κ1) is 21.1. The second-order valence-electron chi connectivity index (χ2n) is 6.47. The molecule has 3 aromatic rings. The lowest BCUT2D eigenvalue weighted by atomic mass is 10.2. The van der Waals surface area contributed by atoms with Crippen LogP contribution in [0.25, 0.3) is 10.2 Å². The number of hydrogen-bond donors (Lipinski definition) is 1. The monoisotopic (exact) mass is 438 g/mol. The zero-order chi connectivity index (χ0) is 20.5. The highest BCUT2D eigenvalue weighted by Crippen LogP contribution is 2.38. The maximum atomic E-state index is 13.5. The van der Waals surface area contributed by atoms with Crippen LogP contribution in [0.1, 0.15) is 23.1 Å². The summed E-state index contributed by atoms with van der Waals surface area (Å²) >= 11 is 1.55. The number of sulfonamides is 1. The molecule has 0 saturated heterocycles. The molecule has 1 unspecified atom stereocenters. The summed E-state index contributed by atoms with van der Waals surface area (Å²) in [6.45, 7) is 7.71. The predicted octanol–water partition coefficient (Wildman–Crippen LogP) is 4.72. The van der Waals surface area contributed by atoms with E-state index in [2.05, 4.69) is 4.98 Å². The Morgan fingerprint density at radius 3 is 2.46 bits per heavy atom. The van der Waals surface area contributed by atoms with Gasteiger partial charge >= 0.3 is 0 Å². The predicted molar refractivity (Wildman–Crippen MR) is 116 cm³/mol. The lowest BCUT2D eigenvalue weighted by Gasteiger charge is -2.26. The van der Waals surface area contributed by atoms with E-state index in [4.69, 9.17) is 4.52 Å². The highest BCUT2D eigenvalue weighted by atomic mass is 32.2. The standard InChI is InChI=1S/C19H23N2O4PS2/c1-5-25-26(22)12-21(16-6-7-19-18(11-16)20-15(4)27-19)28(23,24)17-9-13(2)8-14(3)10-17/h6-11,22H,5,12H2,1-4H3. The van der Waals surface area contributed by atoms with Crippen molar-refractivity contribution in [3.8, 4) is 0 Å². The topological polar surface area (TPSA) is 79.7 Å². The van der Waals surface area contributed by atoms with Gasteiger partial charge in [0, 0.05) is 0 Å². The zero-order valence-corrected chi connectivity index (χ0v) is 18.7. The molecule has 0 fully saturated rings. The highest BCUT2D eigenvalue weighted by molar-refractivity contribution is 7.93. The van der Waals surface area contributed by atoms with Gasteiger partial charge in [-0.3, -0.25) is 4.31 Å². The molecule has 1 atom stereocenters. The highest BCUT2D eigenvalue weighted by Gasteiger charge is 2.28. The smallest absolute Gasteiger partial charge is 0.264 e. The molecule has 1 aromatic heterocycles. The summed E-state index contributed by atoms with van der Waals surface area (Å²) in [6.07, 6.45) is -0.146. The number of aryl methyl sites for hydroxylation is 3. The number of nitrogens with zero attached hydrogens (tertiary/aromatic N) is 2. The zero-order valence-electron chi connectivity index (χ0n) is 16.2. The van der Waals surface area contributed by atoms with Crippen molar-refractivity contribution in [2.75, 3.05) is 17.2 Å². The van der Waals surface area contributed by atoms with Crippen molar-refractivity contribution in [1.82, 2.24) is 4.98 Å². The fourth-order valence-electron chi connectivity index (χ4n) is 2.99. The van der Waals surface area contributed by atoms with Gasteiger partial charge in [-0.15, -0.1) is 11.3 Å². The van der Waals surface area contributed by atoms with Crippen LogP contribution in [0.15, 0.2) is 41.3 Å². The quantitative estimate of drug-likeness (QED) is 0.540. The molecule has 0 aliphatic rings. The average molecular weight is 439 g/mol. The summed E-state index contributed by atoms with van der Waals surface area (Å²) < 4.78 is 34.4. The van der Waals surface area contributed by atoms with Crippen LogP contribution in [-0.4, -0.2) is 31.2 Å². The van der Waals surface area contributed by atoms with Crippen LogP contribution in [0.4, 0.5) is 5.69 Å². The van der Waals surface area contributed by atoms with E-state index in [1.54, 1.807) is 42.5 Å². The molecule has 150 valence electrons. The number of rotatable bonds is 7. The number of thiazole rings is 1. The SMILES string of the molecule is CCOP(O)CN(c1ccc2sc(C)nc2c1)S(=O)(=O)c1cc(C)cc(C)c1. The molecule has 0 bridgehead atoms. The largest absolute Gasteiger partial charge is 0.349 e. The molecule has 0 saturated carbocycles. The van der Waals surface area contributed by atoms with Crippen LogP contribution < -0.4 is 4.31 Å². The van der Waals surface area contributed by atoms with Gasteiger partial charge in [0.15, 0.2) is 8.38 Å². The van der Waals surface area contributed by atoms with E-state index in [-0.39, 0.29) is 11.2 Å². The molecule has 6 nitrogen and oxygen atoms in total. The Balaban J connectivity index is 2.11. The van der Waals surface area contributed by atoms with Crippen molar-refractivity contribution in [2.45, 2.75) is 32.6 Å². The van der Waals surface area contributed by atoms with Gasteiger partial charge < -0.3 is 9.42 Å². The Morgan fingerprint density at radius 1 is 1.14 bits per heavy atom. The lowest BCUT2D eigenvalue weighted by Crippen LogP contribution is -2.31. The van der Waals surface area contributed by atoms with Crippen molar-refractivity contribution < 1.29 is 17.8 Å². The molecule has 0 amide bonds. The maximum Gasteiger partial charge on any atom is 0.264 e. The minimum absolute atomic E-state index is 0.146. The lowest BCUT2D eigenvalue weighted by molar-refractivity contribution is 0.330. The summed E-state index contributed by atoms with van der Waals surface area (Å²) in [5, 5.41) is 0.912. The molecule has 28 heavy (non-hydrogen) atoms. The normalized spacial score (nSPS) is 13.0. The van der Waals surface area contributed by atoms with E-state index < -0.39 is 18.4 Å². The third kappa shape index (κ3) is 4.53. The number of hydrogen-bond acceptors (Lipinski definition) is 6. The van der Waals surface area contributed by atoms with Gasteiger partial charge in [-0.25, -0.2) is 13.4 Å². The van der Waals surface area contributed by atoms with E-state index in [0.29, 0.717) is 12.3 Å². The Bertz CT molecular complexity index is 1080. The van der Waals surface area contributed by atoms with Crippen LogP contribution in [0.2, 0.25) is 0 Å². The molecule has 0 spiro atoms. The summed E-state index contributed by atoms with van der Waals surface area (Å²) in [6, 6.07) is 10.6. The van der Waals surface area contributed by atoms with Gasteiger partial charge in [0.2, 0.25) is 0 Å². The van der Waals surface area contributed by atoms with Gasteiger partial charge in [-0.2, -0.15) is 0 Å². The van der Waals surface area contributed by atoms with Crippen LogP contribution in [-0.2, 0) is 14.5 Å². The van der Waals surface area contributed by atoms with E-state index in [9.17, 15) is 13.3 Å². The molecule has 9 heteroatoms. The second-order valence-corrected chi connectivity index (χ2v) is 10.8. The van der Waals surface area contributed by atoms with Crippen LogP contribution in [0, 0.1) is 20.8 Å². The summed E-state index contributed by atoms with van der Waals surface area (Å²) in [5.41, 5.74) is 2.91. The van der Waals surface area contributed by atoms with Gasteiger partial charge in [0.05, 0.1) is 32.4 Å². The first-order valence-electron chi connectivity index (χ1n) is 8.78. The van der Waals surface area contributed by atoms with E-state index in [1.165, 1.54) is 4.31 Å². The van der Waals surface area contributed by atoms with Crippen molar-refractivity contribution in [3.05, 3.63) is 52.5 Å². The third-order valence-corrected chi connectivity index (χ3v) is 8.05. The summed E-state index contributed by atoms with van der Waals surface area (Å²) in [5.74, 6) is 0. The molecule has 1 heterocycles. The molecular weight excluding hydrogens is 415 g/mol. The van der Waals surface area contributed by atoms with Gasteiger partial charge in [0.1, 0.15) is 6.29 Å². The number of benzene rings is 2. The van der Waals surface area contributed by atoms with E-state index in [1.807, 2.05) is 32.9 Å². The first-order valence-corrected chi connectivity index (χ1v) is 12.4. The summed E-state index contributed by atoms with van der Waals surface area (Å²) in [4.78, 5) is 14.9. The molecule has 0 aliphatic heterocycles. The maximum absolute atomic E-state index is 13.5. The fraction of sp³-hybridized carbons (Fsp3) is 0.316. The van der Waals surface area contributed by atoms with Gasteiger partial charge in [0.25, 0.3) is 10.0 Å². The Morgan fingerprint density at radius 2 is 1.82 bits per heavy atom. The molecular formula is C19H23N2O4PS2. The third-order valence-electron chi connectivity index (χ3n) is 4.08. The van der Waals surface area contributed by atoms with Crippen molar-refractivity contribution >= 4 is 45.6 Å². The molecule has 2 aromatic carbocycles. The average Bonchev–Trinajstić information content (AvgIpc) is 2.98. The minimum Gasteiger partial charge on any atom is -0.349 e. The fourth-order valence-corrected chi connectivity index (χ4v) is 6.78. The van der Waals surface area contributed by atoms with Crippen LogP contribution in [0.5, 0.6) is 0 Å².